The van der Waals surface area contributed by atoms with Gasteiger partial charge < -0.3 is 19.9 Å². The first kappa shape index (κ1) is 16.1. The fourth-order valence-corrected chi connectivity index (χ4v) is 2.45. The van der Waals surface area contributed by atoms with E-state index in [4.69, 9.17) is 4.74 Å². The minimum atomic E-state index is -0.498. The molecular weight excluding hydrogens is 282 g/mol. The highest BCUT2D eigenvalue weighted by Gasteiger charge is 2.14. The maximum Gasteiger partial charge on any atom is 0.409 e. The van der Waals surface area contributed by atoms with Gasteiger partial charge in [-0.1, -0.05) is 0 Å². The van der Waals surface area contributed by atoms with Gasteiger partial charge in [0.15, 0.2) is 0 Å². The minimum Gasteiger partial charge on any atom is -0.450 e. The molecule has 1 N–H and O–H groups in total. The number of hydrogen-bond acceptors (Lipinski definition) is 4. The van der Waals surface area contributed by atoms with Gasteiger partial charge in [0, 0.05) is 31.5 Å². The van der Waals surface area contributed by atoms with Crippen molar-refractivity contribution in [3.8, 4) is 0 Å². The molecule has 0 aliphatic carbocycles. The molecule has 0 radical (unpaired) electrons. The van der Waals surface area contributed by atoms with Crippen molar-refractivity contribution in [3.63, 3.8) is 0 Å². The van der Waals surface area contributed by atoms with Gasteiger partial charge >= 0.3 is 6.09 Å². The maximum atomic E-state index is 11.9. The van der Waals surface area contributed by atoms with E-state index in [1.165, 1.54) is 30.5 Å². The number of amides is 2. The Kier molecular flexibility index (Phi) is 5.63. The Morgan fingerprint density at radius 2 is 1.86 bits per heavy atom. The summed E-state index contributed by atoms with van der Waals surface area (Å²) < 4.78 is 4.83. The summed E-state index contributed by atoms with van der Waals surface area (Å²) in [5.74, 6) is -0.246. The molecule has 1 saturated heterocycles. The smallest absolute Gasteiger partial charge is 0.409 e. The molecule has 1 fully saturated rings. The summed E-state index contributed by atoms with van der Waals surface area (Å²) in [4.78, 5) is 26.9. The second-order valence-electron chi connectivity index (χ2n) is 5.34. The molecule has 6 heteroatoms. The van der Waals surface area contributed by atoms with Crippen LogP contribution in [0.25, 0.3) is 0 Å². The Morgan fingerprint density at radius 3 is 2.45 bits per heavy atom. The van der Waals surface area contributed by atoms with Gasteiger partial charge in [0.1, 0.15) is 6.54 Å². The summed E-state index contributed by atoms with van der Waals surface area (Å²) in [6.45, 7) is 4.18. The summed E-state index contributed by atoms with van der Waals surface area (Å²) in [6, 6.07) is 7.79. The number of hydrogen-bond donors (Lipinski definition) is 1. The lowest BCUT2D eigenvalue weighted by Gasteiger charge is -2.18. The van der Waals surface area contributed by atoms with Crippen molar-refractivity contribution in [1.29, 1.82) is 0 Å². The van der Waals surface area contributed by atoms with Crippen molar-refractivity contribution in [3.05, 3.63) is 24.3 Å². The molecule has 6 nitrogen and oxygen atoms in total. The number of nitrogens with one attached hydrogen (secondary N) is 1. The monoisotopic (exact) mass is 305 g/mol. The van der Waals surface area contributed by atoms with E-state index in [0.29, 0.717) is 6.61 Å². The van der Waals surface area contributed by atoms with Gasteiger partial charge in [-0.2, -0.15) is 0 Å². The zero-order valence-corrected chi connectivity index (χ0v) is 13.2. The largest absolute Gasteiger partial charge is 0.450 e. The summed E-state index contributed by atoms with van der Waals surface area (Å²) >= 11 is 0. The van der Waals surface area contributed by atoms with Crippen LogP contribution in [0.4, 0.5) is 16.2 Å². The molecule has 0 spiro atoms. The van der Waals surface area contributed by atoms with Crippen LogP contribution >= 0.6 is 0 Å². The molecule has 0 atom stereocenters. The fourth-order valence-electron chi connectivity index (χ4n) is 2.45. The van der Waals surface area contributed by atoms with Crippen molar-refractivity contribution in [2.24, 2.45) is 0 Å². The zero-order chi connectivity index (χ0) is 15.9. The van der Waals surface area contributed by atoms with Gasteiger partial charge in [0.25, 0.3) is 0 Å². The number of ether oxygens (including phenoxy) is 1. The van der Waals surface area contributed by atoms with Crippen molar-refractivity contribution in [1.82, 2.24) is 4.90 Å². The average Bonchev–Trinajstić information content (AvgIpc) is 3.02. The van der Waals surface area contributed by atoms with E-state index in [9.17, 15) is 9.59 Å². The van der Waals surface area contributed by atoms with E-state index in [0.717, 1.165) is 18.8 Å². The quantitative estimate of drug-likeness (QED) is 0.907. The van der Waals surface area contributed by atoms with Crippen LogP contribution in [0.15, 0.2) is 24.3 Å². The summed E-state index contributed by atoms with van der Waals surface area (Å²) in [6.07, 6.45) is 1.97. The topological polar surface area (TPSA) is 61.9 Å². The standard InChI is InChI=1S/C16H23N3O3/c1-3-22-16(21)18(2)12-15(20)17-13-6-8-14(9-7-13)19-10-4-5-11-19/h6-9H,3-5,10-12H2,1-2H3,(H,17,20). The summed E-state index contributed by atoms with van der Waals surface area (Å²) in [5.41, 5.74) is 1.91. The van der Waals surface area contributed by atoms with Crippen LogP contribution in [-0.2, 0) is 9.53 Å². The molecule has 1 aliphatic rings. The molecule has 22 heavy (non-hydrogen) atoms. The lowest BCUT2D eigenvalue weighted by molar-refractivity contribution is -0.116. The Hall–Kier alpha value is -2.24. The second kappa shape index (κ2) is 7.68. The van der Waals surface area contributed by atoms with E-state index in [2.05, 4.69) is 10.2 Å². The van der Waals surface area contributed by atoms with Crippen LogP contribution in [0.1, 0.15) is 19.8 Å². The van der Waals surface area contributed by atoms with E-state index < -0.39 is 6.09 Å². The number of anilines is 2. The van der Waals surface area contributed by atoms with Gasteiger partial charge in [-0.25, -0.2) is 4.79 Å². The van der Waals surface area contributed by atoms with Gasteiger partial charge in [0.2, 0.25) is 5.91 Å². The lowest BCUT2D eigenvalue weighted by Crippen LogP contribution is -2.35. The first-order valence-electron chi connectivity index (χ1n) is 7.63. The van der Waals surface area contributed by atoms with E-state index >= 15 is 0 Å². The number of likely N-dealkylation sites (N-methyl/N-ethyl adjacent to an activating group) is 1. The zero-order valence-electron chi connectivity index (χ0n) is 13.2. The number of benzene rings is 1. The number of carbonyl (C=O) groups excluding carboxylic acids is 2. The Labute approximate surface area is 131 Å². The van der Waals surface area contributed by atoms with Gasteiger partial charge in [0.05, 0.1) is 6.61 Å². The molecular formula is C16H23N3O3. The van der Waals surface area contributed by atoms with Gasteiger partial charge in [-0.3, -0.25) is 4.79 Å². The van der Waals surface area contributed by atoms with Crippen molar-refractivity contribution >= 4 is 23.4 Å². The lowest BCUT2D eigenvalue weighted by atomic mass is 10.2. The van der Waals surface area contributed by atoms with Gasteiger partial charge in [-0.15, -0.1) is 0 Å². The molecule has 1 aliphatic heterocycles. The van der Waals surface area contributed by atoms with E-state index in [1.807, 2.05) is 24.3 Å². The molecule has 2 amide bonds. The molecule has 2 rings (SSSR count). The molecule has 0 bridgehead atoms. The van der Waals surface area contributed by atoms with Crippen LogP contribution in [0, 0.1) is 0 Å². The van der Waals surface area contributed by atoms with Crippen LogP contribution in [0.2, 0.25) is 0 Å². The Balaban J connectivity index is 1.84. The van der Waals surface area contributed by atoms with Crippen LogP contribution in [0.3, 0.4) is 0 Å². The highest BCUT2D eigenvalue weighted by atomic mass is 16.6. The molecule has 1 heterocycles. The number of carbonyl (C=O) groups is 2. The third kappa shape index (κ3) is 4.38. The normalized spacial score (nSPS) is 13.8. The number of nitrogens with zero attached hydrogens (tertiary/aromatic N) is 2. The van der Waals surface area contributed by atoms with E-state index in [-0.39, 0.29) is 12.5 Å². The third-order valence-electron chi connectivity index (χ3n) is 3.58. The van der Waals surface area contributed by atoms with Crippen LogP contribution in [-0.4, -0.2) is 50.2 Å². The molecule has 0 aromatic heterocycles. The highest BCUT2D eigenvalue weighted by molar-refractivity contribution is 5.93. The Bertz CT molecular complexity index is 510. The average molecular weight is 305 g/mol. The van der Waals surface area contributed by atoms with Crippen LogP contribution < -0.4 is 10.2 Å². The molecule has 120 valence electrons. The predicted molar refractivity (Wildman–Crippen MR) is 86.2 cm³/mol. The predicted octanol–water partition coefficient (Wildman–Crippen LogP) is 2.31. The summed E-state index contributed by atoms with van der Waals surface area (Å²) in [7, 11) is 1.54. The Morgan fingerprint density at radius 1 is 1.23 bits per heavy atom. The van der Waals surface area contributed by atoms with Crippen molar-refractivity contribution in [2.45, 2.75) is 19.8 Å². The fraction of sp³-hybridized carbons (Fsp3) is 0.500. The maximum absolute atomic E-state index is 11.9. The van der Waals surface area contributed by atoms with Crippen molar-refractivity contribution < 1.29 is 14.3 Å². The first-order valence-corrected chi connectivity index (χ1v) is 7.63. The SMILES string of the molecule is CCOC(=O)N(C)CC(=O)Nc1ccc(N2CCCC2)cc1. The third-order valence-corrected chi connectivity index (χ3v) is 3.58. The summed E-state index contributed by atoms with van der Waals surface area (Å²) in [5, 5.41) is 2.78. The molecule has 1 aromatic carbocycles. The molecule has 0 unspecified atom stereocenters. The van der Waals surface area contributed by atoms with E-state index in [1.54, 1.807) is 6.92 Å². The number of rotatable bonds is 5. The van der Waals surface area contributed by atoms with Crippen molar-refractivity contribution in [2.75, 3.05) is 43.5 Å². The molecule has 0 saturated carbocycles. The van der Waals surface area contributed by atoms with Gasteiger partial charge in [-0.05, 0) is 44.0 Å². The highest BCUT2D eigenvalue weighted by Crippen LogP contribution is 2.21. The minimum absolute atomic E-state index is 0.0350. The first-order chi connectivity index (χ1) is 10.6. The molecule has 1 aromatic rings. The second-order valence-corrected chi connectivity index (χ2v) is 5.34. The van der Waals surface area contributed by atoms with Crippen LogP contribution in [0.5, 0.6) is 0 Å².